The van der Waals surface area contributed by atoms with Gasteiger partial charge in [-0.2, -0.15) is 0 Å². The highest BCUT2D eigenvalue weighted by Gasteiger charge is 2.48. The maximum Gasteiger partial charge on any atom is 0.0968 e. The van der Waals surface area contributed by atoms with Crippen molar-refractivity contribution in [1.82, 2.24) is 0 Å². The molecule has 0 saturated carbocycles. The summed E-state index contributed by atoms with van der Waals surface area (Å²) in [6.45, 7) is 0.628. The van der Waals surface area contributed by atoms with Crippen molar-refractivity contribution in [2.24, 2.45) is 0 Å². The van der Waals surface area contributed by atoms with E-state index < -0.39 is 5.60 Å². The van der Waals surface area contributed by atoms with Crippen LogP contribution in [-0.2, 0) is 6.42 Å². The van der Waals surface area contributed by atoms with E-state index in [0.29, 0.717) is 6.54 Å². The Morgan fingerprint density at radius 2 is 1.72 bits per heavy atom. The van der Waals surface area contributed by atoms with Crippen LogP contribution in [0.1, 0.15) is 22.6 Å². The van der Waals surface area contributed by atoms with Crippen molar-refractivity contribution in [3.05, 3.63) is 65.2 Å². The number of anilines is 1. The van der Waals surface area contributed by atoms with Gasteiger partial charge in [0.25, 0.3) is 0 Å². The molecule has 4 rings (SSSR count). The molecule has 1 heterocycles. The lowest BCUT2D eigenvalue weighted by molar-refractivity contribution is 0.0454. The molecule has 0 radical (unpaired) electrons. The minimum atomic E-state index is -0.669. The second-order valence-corrected chi connectivity index (χ2v) is 5.35. The Kier molecular flexibility index (Phi) is 1.90. The Morgan fingerprint density at radius 3 is 2.61 bits per heavy atom. The highest BCUT2D eigenvalue weighted by Crippen LogP contribution is 2.49. The number of nitrogens with one attached hydrogen (secondary N) is 1. The molecule has 0 bridgehead atoms. The third-order valence-electron chi connectivity index (χ3n) is 4.26. The van der Waals surface area contributed by atoms with E-state index >= 15 is 0 Å². The first-order valence-corrected chi connectivity index (χ1v) is 6.41. The third-order valence-corrected chi connectivity index (χ3v) is 4.26. The predicted molar refractivity (Wildman–Crippen MR) is 71.9 cm³/mol. The minimum Gasteiger partial charge on any atom is -0.387 e. The molecule has 2 aliphatic rings. The van der Waals surface area contributed by atoms with Gasteiger partial charge in [0, 0.05) is 24.6 Å². The summed E-state index contributed by atoms with van der Waals surface area (Å²) in [5, 5.41) is 14.3. The average Bonchev–Trinajstić information content (AvgIpc) is 2.71. The summed E-state index contributed by atoms with van der Waals surface area (Å²) in [7, 11) is 0. The van der Waals surface area contributed by atoms with E-state index in [-0.39, 0.29) is 5.92 Å². The number of benzene rings is 2. The molecule has 0 aromatic heterocycles. The zero-order valence-corrected chi connectivity index (χ0v) is 10.1. The SMILES string of the molecule is O[C@@]12CNc3ccccc3[C@@H]1c1ccccc1C2. The maximum atomic E-state index is 10.9. The van der Waals surface area contributed by atoms with Gasteiger partial charge in [-0.1, -0.05) is 42.5 Å². The first-order chi connectivity index (χ1) is 8.78. The number of hydrogen-bond donors (Lipinski definition) is 2. The molecule has 2 aromatic carbocycles. The Hall–Kier alpha value is -1.80. The highest BCUT2D eigenvalue weighted by molar-refractivity contribution is 5.62. The summed E-state index contributed by atoms with van der Waals surface area (Å²) in [5.74, 6) is 0.117. The van der Waals surface area contributed by atoms with Crippen molar-refractivity contribution in [1.29, 1.82) is 0 Å². The zero-order chi connectivity index (χ0) is 12.2. The Balaban J connectivity index is 1.97. The molecular formula is C16H15NO. The van der Waals surface area contributed by atoms with E-state index in [1.54, 1.807) is 0 Å². The molecule has 0 amide bonds. The number of fused-ring (bicyclic) bond motifs is 5. The van der Waals surface area contributed by atoms with Gasteiger partial charge in [-0.15, -0.1) is 0 Å². The van der Waals surface area contributed by atoms with Crippen molar-refractivity contribution in [3.63, 3.8) is 0 Å². The zero-order valence-electron chi connectivity index (χ0n) is 10.1. The predicted octanol–water partition coefficient (Wildman–Crippen LogP) is 2.53. The number of aliphatic hydroxyl groups is 1. The molecule has 18 heavy (non-hydrogen) atoms. The summed E-state index contributed by atoms with van der Waals surface area (Å²) in [6.07, 6.45) is 0.745. The third kappa shape index (κ3) is 1.21. The van der Waals surface area contributed by atoms with Crippen LogP contribution in [0.25, 0.3) is 0 Å². The monoisotopic (exact) mass is 237 g/mol. The lowest BCUT2D eigenvalue weighted by Gasteiger charge is -2.37. The van der Waals surface area contributed by atoms with Gasteiger partial charge in [-0.3, -0.25) is 0 Å². The fraction of sp³-hybridized carbons (Fsp3) is 0.250. The molecule has 0 fully saturated rings. The molecular weight excluding hydrogens is 222 g/mol. The fourth-order valence-corrected chi connectivity index (χ4v) is 3.48. The fourth-order valence-electron chi connectivity index (χ4n) is 3.48. The summed E-state index contributed by atoms with van der Waals surface area (Å²) < 4.78 is 0. The Labute approximate surface area is 106 Å². The second-order valence-electron chi connectivity index (χ2n) is 5.35. The van der Waals surface area contributed by atoms with Gasteiger partial charge in [0.15, 0.2) is 0 Å². The standard InChI is InChI=1S/C16H15NO/c18-16-9-11-5-1-2-6-12(11)15(16)13-7-3-4-8-14(13)17-10-16/h1-8,15,17-18H,9-10H2/t15-,16-/m0/s1. The Morgan fingerprint density at radius 1 is 1.00 bits per heavy atom. The lowest BCUT2D eigenvalue weighted by Crippen LogP contribution is -2.44. The summed E-state index contributed by atoms with van der Waals surface area (Å²) >= 11 is 0. The van der Waals surface area contributed by atoms with Crippen LogP contribution in [0.4, 0.5) is 5.69 Å². The quantitative estimate of drug-likeness (QED) is 0.738. The highest BCUT2D eigenvalue weighted by atomic mass is 16.3. The number of hydrogen-bond acceptors (Lipinski definition) is 2. The van der Waals surface area contributed by atoms with Crippen LogP contribution in [0.15, 0.2) is 48.5 Å². The van der Waals surface area contributed by atoms with E-state index in [1.807, 2.05) is 12.1 Å². The van der Waals surface area contributed by atoms with Crippen molar-refractivity contribution in [3.8, 4) is 0 Å². The van der Waals surface area contributed by atoms with Gasteiger partial charge < -0.3 is 10.4 Å². The van der Waals surface area contributed by atoms with Crippen molar-refractivity contribution >= 4 is 5.69 Å². The molecule has 2 nitrogen and oxygen atoms in total. The van der Waals surface area contributed by atoms with Crippen LogP contribution >= 0.6 is 0 Å². The number of β-amino-alcohol motifs (C(OH)–C–C–N with tert-alkyl or cyclic N) is 1. The van der Waals surface area contributed by atoms with Gasteiger partial charge in [0.1, 0.15) is 0 Å². The van der Waals surface area contributed by atoms with Crippen LogP contribution in [0.5, 0.6) is 0 Å². The van der Waals surface area contributed by atoms with Gasteiger partial charge in [-0.05, 0) is 22.8 Å². The Bertz CT molecular complexity index is 622. The molecule has 2 atom stereocenters. The molecule has 90 valence electrons. The number of para-hydroxylation sites is 1. The molecule has 2 aromatic rings. The molecule has 0 saturated heterocycles. The van der Waals surface area contributed by atoms with Crippen LogP contribution in [0.2, 0.25) is 0 Å². The number of rotatable bonds is 0. The molecule has 2 N–H and O–H groups in total. The first-order valence-electron chi connectivity index (χ1n) is 6.41. The van der Waals surface area contributed by atoms with Gasteiger partial charge in [-0.25, -0.2) is 0 Å². The van der Waals surface area contributed by atoms with Crippen LogP contribution < -0.4 is 5.32 Å². The normalized spacial score (nSPS) is 27.9. The largest absolute Gasteiger partial charge is 0.387 e. The lowest BCUT2D eigenvalue weighted by atomic mass is 9.79. The topological polar surface area (TPSA) is 32.3 Å². The van der Waals surface area contributed by atoms with E-state index in [1.165, 1.54) is 16.7 Å². The molecule has 1 aliphatic heterocycles. The van der Waals surface area contributed by atoms with Gasteiger partial charge in [0.05, 0.1) is 5.60 Å². The molecule has 1 aliphatic carbocycles. The first kappa shape index (κ1) is 10.2. The minimum absolute atomic E-state index is 0.117. The average molecular weight is 237 g/mol. The van der Waals surface area contributed by atoms with Crippen LogP contribution in [0.3, 0.4) is 0 Å². The van der Waals surface area contributed by atoms with E-state index in [4.69, 9.17) is 0 Å². The molecule has 2 heteroatoms. The summed E-state index contributed by atoms with van der Waals surface area (Å²) in [6, 6.07) is 16.7. The summed E-state index contributed by atoms with van der Waals surface area (Å²) in [4.78, 5) is 0. The van der Waals surface area contributed by atoms with Crippen molar-refractivity contribution in [2.45, 2.75) is 17.9 Å². The summed E-state index contributed by atoms with van der Waals surface area (Å²) in [5.41, 5.74) is 4.27. The van der Waals surface area contributed by atoms with E-state index in [0.717, 1.165) is 12.1 Å². The van der Waals surface area contributed by atoms with E-state index in [2.05, 4.69) is 41.7 Å². The van der Waals surface area contributed by atoms with Crippen molar-refractivity contribution < 1.29 is 5.11 Å². The second kappa shape index (κ2) is 3.36. The maximum absolute atomic E-state index is 10.9. The van der Waals surface area contributed by atoms with Crippen LogP contribution in [0, 0.1) is 0 Å². The van der Waals surface area contributed by atoms with Crippen LogP contribution in [-0.4, -0.2) is 17.3 Å². The van der Waals surface area contributed by atoms with Gasteiger partial charge >= 0.3 is 0 Å². The molecule has 0 spiro atoms. The smallest absolute Gasteiger partial charge is 0.0968 e. The van der Waals surface area contributed by atoms with Gasteiger partial charge in [0.2, 0.25) is 0 Å². The van der Waals surface area contributed by atoms with E-state index in [9.17, 15) is 5.11 Å². The van der Waals surface area contributed by atoms with Crippen molar-refractivity contribution in [2.75, 3.05) is 11.9 Å². The molecule has 0 unspecified atom stereocenters.